The molecule has 2 aliphatic rings. The third-order valence-corrected chi connectivity index (χ3v) is 4.70. The van der Waals surface area contributed by atoms with Gasteiger partial charge in [0.2, 0.25) is 5.88 Å². The van der Waals surface area contributed by atoms with E-state index in [4.69, 9.17) is 32.9 Å². The fourth-order valence-electron chi connectivity index (χ4n) is 2.32. The molecule has 4 rings (SSSR count). The first-order valence-corrected chi connectivity index (χ1v) is 11.2. The molecule has 0 aliphatic heterocycles. The summed E-state index contributed by atoms with van der Waals surface area (Å²) in [5, 5.41) is 18.9. The van der Waals surface area contributed by atoms with Gasteiger partial charge in [-0.15, -0.1) is 5.60 Å². The molecular weight excluding hydrogens is 471 g/mol. The summed E-state index contributed by atoms with van der Waals surface area (Å²) < 4.78 is 5.46. The number of halogens is 1. The number of hydrogen-bond acceptors (Lipinski definition) is 9. The van der Waals surface area contributed by atoms with Gasteiger partial charge in [0.1, 0.15) is 29.4 Å². The van der Waals surface area contributed by atoms with Crippen molar-refractivity contribution in [3.8, 4) is 5.88 Å². The smallest absolute Gasteiger partial charge is 0.850 e. The molecular formula is C22H36ClKN6O3. The van der Waals surface area contributed by atoms with Crippen molar-refractivity contribution >= 4 is 23.2 Å². The van der Waals surface area contributed by atoms with Crippen LogP contribution in [0.2, 0.25) is 5.15 Å². The van der Waals surface area contributed by atoms with Crippen LogP contribution in [0.3, 0.4) is 0 Å². The molecule has 33 heavy (non-hydrogen) atoms. The Bertz CT molecular complexity index is 748. The van der Waals surface area contributed by atoms with E-state index < -0.39 is 5.60 Å². The van der Waals surface area contributed by atoms with Crippen molar-refractivity contribution in [3.05, 3.63) is 29.9 Å². The fraction of sp³-hybridized carbons (Fsp3) is 0.636. The standard InChI is InChI=1S/C9H13N3O.C5H10O.C4H4ClN3.C4H9O.K/c10-8-4-9(12-6-11-8)13-5-7-2-1-3-7;6-4-5-2-1-3-5;5-3-1-4(6)8-2-7-3;1-4(2,3)5;/h4,6-7H,1-3,5H2,(H2,10,11,12);5-6H,1-4H2;1-2H,(H2,6,7,8);1-3H3;/q;;;-1;+1. The van der Waals surface area contributed by atoms with E-state index in [0.29, 0.717) is 35.2 Å². The maximum Gasteiger partial charge on any atom is 1.00 e. The zero-order chi connectivity index (χ0) is 24.0. The second-order valence-electron chi connectivity index (χ2n) is 8.75. The molecule has 11 heteroatoms. The summed E-state index contributed by atoms with van der Waals surface area (Å²) in [5.74, 6) is 2.82. The van der Waals surface area contributed by atoms with E-state index in [0.717, 1.165) is 12.5 Å². The molecule has 0 amide bonds. The van der Waals surface area contributed by atoms with Gasteiger partial charge in [-0.05, 0) is 37.5 Å². The summed E-state index contributed by atoms with van der Waals surface area (Å²) in [5.41, 5.74) is 9.95. The van der Waals surface area contributed by atoms with E-state index in [1.807, 2.05) is 0 Å². The van der Waals surface area contributed by atoms with Gasteiger partial charge >= 0.3 is 51.4 Å². The molecule has 0 bridgehead atoms. The molecule has 0 saturated heterocycles. The number of nitrogen functional groups attached to an aromatic ring is 2. The molecule has 2 aromatic rings. The van der Waals surface area contributed by atoms with E-state index in [9.17, 15) is 5.11 Å². The minimum Gasteiger partial charge on any atom is -0.850 e. The summed E-state index contributed by atoms with van der Waals surface area (Å²) in [6.07, 6.45) is 10.5. The van der Waals surface area contributed by atoms with Crippen LogP contribution in [0.4, 0.5) is 11.6 Å². The van der Waals surface area contributed by atoms with Crippen LogP contribution < -0.4 is 72.7 Å². The van der Waals surface area contributed by atoms with Gasteiger partial charge < -0.3 is 26.4 Å². The largest absolute Gasteiger partial charge is 1.00 e. The number of aromatic nitrogens is 4. The van der Waals surface area contributed by atoms with Gasteiger partial charge in [0.25, 0.3) is 0 Å². The predicted octanol–water partition coefficient (Wildman–Crippen LogP) is -0.122. The number of aliphatic hydroxyl groups excluding tert-OH is 1. The average molecular weight is 507 g/mol. The number of nitrogens with two attached hydrogens (primary N) is 2. The van der Waals surface area contributed by atoms with Gasteiger partial charge in [-0.25, -0.2) is 19.9 Å². The number of hydrogen-bond donors (Lipinski definition) is 3. The molecule has 2 aromatic heterocycles. The molecule has 0 spiro atoms. The SMILES string of the molecule is CC(C)(C)[O-].Nc1cc(Cl)ncn1.Nc1cc(OCC2CCC2)ncn1.OCC1CCC1.[K+]. The van der Waals surface area contributed by atoms with Crippen molar-refractivity contribution in [2.45, 2.75) is 64.9 Å². The van der Waals surface area contributed by atoms with Crippen molar-refractivity contribution in [2.75, 3.05) is 24.7 Å². The summed E-state index contributed by atoms with van der Waals surface area (Å²) >= 11 is 5.41. The van der Waals surface area contributed by atoms with Crippen LogP contribution in [0.25, 0.3) is 0 Å². The first kappa shape index (κ1) is 32.4. The number of aliphatic hydroxyl groups is 1. The molecule has 2 saturated carbocycles. The quantitative estimate of drug-likeness (QED) is 0.379. The minimum atomic E-state index is -0.750. The molecule has 0 radical (unpaired) electrons. The maximum atomic E-state index is 10.1. The van der Waals surface area contributed by atoms with Gasteiger partial charge in [-0.1, -0.05) is 45.2 Å². The molecule has 2 aliphatic carbocycles. The molecule has 0 unspecified atom stereocenters. The molecule has 0 aromatic carbocycles. The molecule has 9 nitrogen and oxygen atoms in total. The normalized spacial score (nSPS) is 14.8. The Hall–Kier alpha value is -0.594. The van der Waals surface area contributed by atoms with Gasteiger partial charge in [0, 0.05) is 18.7 Å². The Labute approximate surface area is 244 Å². The van der Waals surface area contributed by atoms with Crippen LogP contribution in [0.15, 0.2) is 24.8 Å². The van der Waals surface area contributed by atoms with E-state index >= 15 is 0 Å². The van der Waals surface area contributed by atoms with Crippen LogP contribution in [-0.2, 0) is 0 Å². The minimum absolute atomic E-state index is 0. The molecule has 2 heterocycles. The van der Waals surface area contributed by atoms with Gasteiger partial charge in [0.15, 0.2) is 0 Å². The Morgan fingerprint density at radius 3 is 1.76 bits per heavy atom. The van der Waals surface area contributed by atoms with Crippen LogP contribution >= 0.6 is 11.6 Å². The van der Waals surface area contributed by atoms with Crippen molar-refractivity contribution in [3.63, 3.8) is 0 Å². The zero-order valence-corrected chi connectivity index (χ0v) is 24.1. The predicted molar refractivity (Wildman–Crippen MR) is 125 cm³/mol. The van der Waals surface area contributed by atoms with Crippen molar-refractivity contribution in [1.29, 1.82) is 0 Å². The summed E-state index contributed by atoms with van der Waals surface area (Å²) in [7, 11) is 0. The first-order chi connectivity index (χ1) is 15.1. The molecule has 0 atom stereocenters. The monoisotopic (exact) mass is 506 g/mol. The van der Waals surface area contributed by atoms with Gasteiger partial charge in [-0.3, -0.25) is 0 Å². The second-order valence-corrected chi connectivity index (χ2v) is 9.13. The third-order valence-electron chi connectivity index (χ3n) is 4.49. The molecule has 5 N–H and O–H groups in total. The molecule has 180 valence electrons. The van der Waals surface area contributed by atoms with Gasteiger partial charge in [0.05, 0.1) is 6.61 Å². The summed E-state index contributed by atoms with van der Waals surface area (Å²) in [4.78, 5) is 15.0. The van der Waals surface area contributed by atoms with Crippen LogP contribution in [0.1, 0.15) is 59.3 Å². The fourth-order valence-corrected chi connectivity index (χ4v) is 2.47. The number of rotatable bonds is 4. The van der Waals surface area contributed by atoms with Crippen molar-refractivity contribution in [1.82, 2.24) is 19.9 Å². The Morgan fingerprint density at radius 2 is 1.45 bits per heavy atom. The third kappa shape index (κ3) is 18.4. The maximum absolute atomic E-state index is 10.1. The summed E-state index contributed by atoms with van der Waals surface area (Å²) in [6, 6.07) is 3.14. The number of ether oxygens (including phenoxy) is 1. The number of anilines is 2. The van der Waals surface area contributed by atoms with E-state index in [-0.39, 0.29) is 51.4 Å². The average Bonchev–Trinajstić information content (AvgIpc) is 2.59. The number of nitrogens with zero attached hydrogens (tertiary/aromatic N) is 4. The summed E-state index contributed by atoms with van der Waals surface area (Å²) in [6.45, 7) is 6.07. The Morgan fingerprint density at radius 1 is 0.970 bits per heavy atom. The second kappa shape index (κ2) is 17.8. The van der Waals surface area contributed by atoms with Crippen LogP contribution in [0, 0.1) is 11.8 Å². The van der Waals surface area contributed by atoms with E-state index in [1.165, 1.54) is 57.2 Å². The van der Waals surface area contributed by atoms with Crippen LogP contribution in [0.5, 0.6) is 5.88 Å². The Balaban J connectivity index is 0.000000443. The van der Waals surface area contributed by atoms with Crippen molar-refractivity contribution < 1.29 is 66.3 Å². The zero-order valence-electron chi connectivity index (χ0n) is 20.2. The molecule has 2 fully saturated rings. The van der Waals surface area contributed by atoms with E-state index in [2.05, 4.69) is 19.9 Å². The topological polar surface area (TPSA) is 156 Å². The van der Waals surface area contributed by atoms with E-state index in [1.54, 1.807) is 26.8 Å². The first-order valence-electron chi connectivity index (χ1n) is 10.8. The van der Waals surface area contributed by atoms with Crippen LogP contribution in [-0.4, -0.2) is 43.9 Å². The Kier molecular flexibility index (Phi) is 17.5. The van der Waals surface area contributed by atoms with Gasteiger partial charge in [-0.2, -0.15) is 0 Å². The van der Waals surface area contributed by atoms with Crippen molar-refractivity contribution in [2.24, 2.45) is 11.8 Å².